The Bertz CT molecular complexity index is 517. The normalized spacial score (nSPS) is 11.6. The van der Waals surface area contributed by atoms with E-state index in [1.165, 1.54) is 22.4 Å². The summed E-state index contributed by atoms with van der Waals surface area (Å²) in [5, 5.41) is 0.719. The van der Waals surface area contributed by atoms with Crippen LogP contribution in [0.3, 0.4) is 0 Å². The highest BCUT2D eigenvalue weighted by molar-refractivity contribution is 8.02. The number of rotatable bonds is 4. The standard InChI is InChI=1S/C12H17N3OS/c1-5-15-11(16)7-6-10(12(15)13)8(2)14-9(3)17-4/h6-7H,3,5,13H2,1-2,4H3. The molecule has 0 radical (unpaired) electrons. The monoisotopic (exact) mass is 251 g/mol. The van der Waals surface area contributed by atoms with E-state index in [4.69, 9.17) is 5.73 Å². The minimum atomic E-state index is -0.0924. The van der Waals surface area contributed by atoms with E-state index in [1.807, 2.05) is 20.1 Å². The Morgan fingerprint density at radius 1 is 1.59 bits per heavy atom. The first-order valence-corrected chi connectivity index (χ1v) is 6.51. The van der Waals surface area contributed by atoms with Gasteiger partial charge in [0.25, 0.3) is 5.56 Å². The molecule has 0 atom stereocenters. The van der Waals surface area contributed by atoms with Crippen molar-refractivity contribution in [3.63, 3.8) is 0 Å². The number of aromatic nitrogens is 1. The highest BCUT2D eigenvalue weighted by Gasteiger charge is 2.08. The molecule has 0 saturated heterocycles. The van der Waals surface area contributed by atoms with Crippen molar-refractivity contribution in [3.05, 3.63) is 39.7 Å². The number of nitrogens with two attached hydrogens (primary N) is 1. The van der Waals surface area contributed by atoms with Gasteiger partial charge in [-0.05, 0) is 26.2 Å². The van der Waals surface area contributed by atoms with Crippen LogP contribution in [0.1, 0.15) is 19.4 Å². The molecular formula is C12H17N3OS. The molecule has 1 heterocycles. The number of thioether (sulfide) groups is 1. The zero-order valence-corrected chi connectivity index (χ0v) is 11.2. The zero-order chi connectivity index (χ0) is 13.0. The molecule has 0 bridgehead atoms. The molecule has 0 spiro atoms. The number of nitrogens with zero attached hydrogens (tertiary/aromatic N) is 2. The SMILES string of the molecule is C=C(N=C(C)c1ccc(=O)n(CC)c1N)SC. The molecular weight excluding hydrogens is 234 g/mol. The number of nitrogen functional groups attached to an aromatic ring is 1. The minimum Gasteiger partial charge on any atom is -0.384 e. The molecule has 0 aliphatic rings. The van der Waals surface area contributed by atoms with Crippen LogP contribution in [-0.2, 0) is 6.54 Å². The molecule has 0 amide bonds. The summed E-state index contributed by atoms with van der Waals surface area (Å²) in [6.07, 6.45) is 1.91. The van der Waals surface area contributed by atoms with Gasteiger partial charge in [-0.2, -0.15) is 0 Å². The Morgan fingerprint density at radius 2 is 2.24 bits per heavy atom. The third kappa shape index (κ3) is 3.00. The van der Waals surface area contributed by atoms with Gasteiger partial charge in [0.2, 0.25) is 0 Å². The van der Waals surface area contributed by atoms with Gasteiger partial charge in [-0.25, -0.2) is 4.99 Å². The Morgan fingerprint density at radius 3 is 2.76 bits per heavy atom. The predicted molar refractivity (Wildman–Crippen MR) is 75.7 cm³/mol. The summed E-state index contributed by atoms with van der Waals surface area (Å²) < 4.78 is 1.52. The Kier molecular flexibility index (Phi) is 4.57. The third-order valence-electron chi connectivity index (χ3n) is 2.46. The van der Waals surface area contributed by atoms with E-state index in [1.54, 1.807) is 6.07 Å². The lowest BCUT2D eigenvalue weighted by Gasteiger charge is -2.11. The second-order valence-electron chi connectivity index (χ2n) is 3.51. The molecule has 1 aromatic heterocycles. The van der Waals surface area contributed by atoms with Crippen molar-refractivity contribution < 1.29 is 0 Å². The first-order chi connectivity index (χ1) is 8.01. The van der Waals surface area contributed by atoms with Crippen molar-refractivity contribution in [2.75, 3.05) is 12.0 Å². The van der Waals surface area contributed by atoms with Crippen molar-refractivity contribution in [1.29, 1.82) is 0 Å². The number of anilines is 1. The summed E-state index contributed by atoms with van der Waals surface area (Å²) in [5.41, 5.74) is 7.41. The van der Waals surface area contributed by atoms with E-state index in [2.05, 4.69) is 11.6 Å². The molecule has 0 fully saturated rings. The van der Waals surface area contributed by atoms with Crippen molar-refractivity contribution in [2.45, 2.75) is 20.4 Å². The average molecular weight is 251 g/mol. The molecule has 5 heteroatoms. The Balaban J connectivity index is 3.29. The lowest BCUT2D eigenvalue weighted by molar-refractivity contribution is 0.738. The number of aliphatic imine (C=N–C) groups is 1. The van der Waals surface area contributed by atoms with Crippen LogP contribution >= 0.6 is 11.8 Å². The lowest BCUT2D eigenvalue weighted by atomic mass is 10.1. The first kappa shape index (κ1) is 13.6. The van der Waals surface area contributed by atoms with Crippen LogP contribution < -0.4 is 11.3 Å². The maximum Gasteiger partial charge on any atom is 0.252 e. The Labute approximate surface area is 105 Å². The fourth-order valence-corrected chi connectivity index (χ4v) is 1.75. The van der Waals surface area contributed by atoms with Crippen LogP contribution in [0, 0.1) is 0 Å². The summed E-state index contributed by atoms with van der Waals surface area (Å²) >= 11 is 1.48. The van der Waals surface area contributed by atoms with Crippen molar-refractivity contribution in [2.24, 2.45) is 4.99 Å². The zero-order valence-electron chi connectivity index (χ0n) is 10.4. The number of pyridine rings is 1. The predicted octanol–water partition coefficient (Wildman–Crippen LogP) is 2.09. The molecule has 0 saturated carbocycles. The molecule has 0 aliphatic carbocycles. The first-order valence-electron chi connectivity index (χ1n) is 5.29. The van der Waals surface area contributed by atoms with E-state index in [0.29, 0.717) is 12.4 Å². The Hall–Kier alpha value is -1.49. The summed E-state index contributed by atoms with van der Waals surface area (Å²) in [5.74, 6) is 0.454. The van der Waals surface area contributed by atoms with Gasteiger partial charge >= 0.3 is 0 Å². The molecule has 1 aromatic rings. The summed E-state index contributed by atoms with van der Waals surface area (Å²) in [6, 6.07) is 3.21. The molecule has 4 nitrogen and oxygen atoms in total. The molecule has 0 aliphatic heterocycles. The summed E-state index contributed by atoms with van der Waals surface area (Å²) in [6.45, 7) is 8.09. The van der Waals surface area contributed by atoms with E-state index >= 15 is 0 Å². The fraction of sp³-hybridized carbons (Fsp3) is 0.333. The topological polar surface area (TPSA) is 60.4 Å². The largest absolute Gasteiger partial charge is 0.384 e. The second-order valence-corrected chi connectivity index (χ2v) is 4.39. The van der Waals surface area contributed by atoms with Crippen LogP contribution in [0.2, 0.25) is 0 Å². The maximum absolute atomic E-state index is 11.5. The molecule has 0 aromatic carbocycles. The van der Waals surface area contributed by atoms with Crippen LogP contribution in [0.5, 0.6) is 0 Å². The van der Waals surface area contributed by atoms with Gasteiger partial charge in [0, 0.05) is 23.9 Å². The molecule has 1 rings (SSSR count). The van der Waals surface area contributed by atoms with Crippen molar-refractivity contribution in [1.82, 2.24) is 4.57 Å². The number of hydrogen-bond acceptors (Lipinski definition) is 4. The maximum atomic E-state index is 11.5. The van der Waals surface area contributed by atoms with Gasteiger partial charge in [0.15, 0.2) is 0 Å². The van der Waals surface area contributed by atoms with Crippen molar-refractivity contribution >= 4 is 23.3 Å². The van der Waals surface area contributed by atoms with E-state index in [9.17, 15) is 4.79 Å². The minimum absolute atomic E-state index is 0.0924. The quantitative estimate of drug-likeness (QED) is 0.834. The van der Waals surface area contributed by atoms with Crippen LogP contribution in [0.25, 0.3) is 0 Å². The van der Waals surface area contributed by atoms with Gasteiger partial charge in [-0.1, -0.05) is 6.58 Å². The van der Waals surface area contributed by atoms with Gasteiger partial charge in [-0.3, -0.25) is 9.36 Å². The van der Waals surface area contributed by atoms with Crippen molar-refractivity contribution in [3.8, 4) is 0 Å². The van der Waals surface area contributed by atoms with Gasteiger partial charge in [0.1, 0.15) is 5.82 Å². The number of hydrogen-bond donors (Lipinski definition) is 1. The lowest BCUT2D eigenvalue weighted by Crippen LogP contribution is -2.23. The van der Waals surface area contributed by atoms with E-state index in [0.717, 1.165) is 16.3 Å². The molecule has 0 unspecified atom stereocenters. The van der Waals surface area contributed by atoms with Crippen LogP contribution in [-0.4, -0.2) is 16.5 Å². The second kappa shape index (κ2) is 5.72. The highest BCUT2D eigenvalue weighted by atomic mass is 32.2. The summed E-state index contributed by atoms with van der Waals surface area (Å²) in [7, 11) is 0. The van der Waals surface area contributed by atoms with E-state index < -0.39 is 0 Å². The van der Waals surface area contributed by atoms with E-state index in [-0.39, 0.29) is 5.56 Å². The molecule has 2 N–H and O–H groups in total. The fourth-order valence-electron chi connectivity index (χ4n) is 1.52. The molecule has 17 heavy (non-hydrogen) atoms. The average Bonchev–Trinajstić information content (AvgIpc) is 2.29. The van der Waals surface area contributed by atoms with Gasteiger partial charge in [0.05, 0.1) is 5.03 Å². The summed E-state index contributed by atoms with van der Waals surface area (Å²) in [4.78, 5) is 15.9. The van der Waals surface area contributed by atoms with Gasteiger partial charge in [-0.15, -0.1) is 11.8 Å². The van der Waals surface area contributed by atoms with Crippen LogP contribution in [0.15, 0.2) is 33.5 Å². The highest BCUT2D eigenvalue weighted by Crippen LogP contribution is 2.15. The molecule has 92 valence electrons. The van der Waals surface area contributed by atoms with Gasteiger partial charge < -0.3 is 5.73 Å². The smallest absolute Gasteiger partial charge is 0.252 e. The van der Waals surface area contributed by atoms with Crippen LogP contribution in [0.4, 0.5) is 5.82 Å². The third-order valence-corrected chi connectivity index (χ3v) is 3.02.